The molecule has 0 saturated carbocycles. The lowest BCUT2D eigenvalue weighted by Crippen LogP contribution is -1.76. The highest BCUT2D eigenvalue weighted by Crippen LogP contribution is 1.80. The zero-order valence-electron chi connectivity index (χ0n) is 3.71. The number of hydrogen-bond acceptors (Lipinski definition) is 0. The van der Waals surface area contributed by atoms with Crippen LogP contribution in [0, 0.1) is 0 Å². The van der Waals surface area contributed by atoms with Gasteiger partial charge >= 0.3 is 7.54 Å². The minimum absolute atomic E-state index is 0. The Kier molecular flexibility index (Phi) is 177. The minimum Gasteiger partial charge on any atom is -0.412 e. The molecule has 0 saturated heterocycles. The largest absolute Gasteiger partial charge is 0.762 e. The summed E-state index contributed by atoms with van der Waals surface area (Å²) in [5.41, 5.74) is 0. The Morgan fingerprint density at radius 2 is 0.625 bits per heavy atom. The lowest BCUT2D eigenvalue weighted by Gasteiger charge is -1.55. The highest BCUT2D eigenvalue weighted by Gasteiger charge is 2.06. The molecule has 0 heterocycles. The topological polar surface area (TPSA) is 126 Å². The van der Waals surface area contributed by atoms with Crippen molar-refractivity contribution in [2.24, 2.45) is 0 Å². The van der Waals surface area contributed by atoms with Crippen molar-refractivity contribution in [1.29, 1.82) is 0 Å². The van der Waals surface area contributed by atoms with Crippen molar-refractivity contribution in [2.75, 3.05) is 0 Å². The van der Waals surface area contributed by atoms with Gasteiger partial charge in [0, 0.05) is 0 Å². The Bertz CT molecular complexity index is 16.0. The normalized spacial score (nSPS) is 3.38. The van der Waals surface area contributed by atoms with Crippen LogP contribution in [0.25, 0.3) is 0 Å². The van der Waals surface area contributed by atoms with Crippen molar-refractivity contribution in [1.82, 2.24) is 0 Å². The SMILES string of the molecule is FB(F)F.O.O.O.O. The van der Waals surface area contributed by atoms with Gasteiger partial charge < -0.3 is 21.9 Å². The number of hydrogen-bond donors (Lipinski definition) is 0. The van der Waals surface area contributed by atoms with Gasteiger partial charge in [0.1, 0.15) is 0 Å². The molecular formula is H8BF3O4. The summed E-state index contributed by atoms with van der Waals surface area (Å²) in [4.78, 5) is 0. The van der Waals surface area contributed by atoms with Crippen LogP contribution in [0.15, 0.2) is 0 Å². The zero-order valence-corrected chi connectivity index (χ0v) is 3.71. The van der Waals surface area contributed by atoms with Gasteiger partial charge in [0.15, 0.2) is 0 Å². The first-order valence-corrected chi connectivity index (χ1v) is 0.655. The maximum Gasteiger partial charge on any atom is 0.762 e. The molecule has 0 fully saturated rings. The minimum atomic E-state index is -3.67. The van der Waals surface area contributed by atoms with E-state index in [2.05, 4.69) is 0 Å². The molecule has 0 rings (SSSR count). The van der Waals surface area contributed by atoms with Crippen molar-refractivity contribution in [3.8, 4) is 0 Å². The van der Waals surface area contributed by atoms with Gasteiger partial charge in [-0.2, -0.15) is 0 Å². The second kappa shape index (κ2) is 29.9. The standard InChI is InChI=1S/BF3.4H2O/c2-1(3)4;;;;/h;4*1H2. The van der Waals surface area contributed by atoms with Crippen LogP contribution in [-0.4, -0.2) is 29.4 Å². The molecule has 0 radical (unpaired) electrons. The first kappa shape index (κ1) is 47.5. The maximum atomic E-state index is 9.67. The Balaban J connectivity index is -0.00000000750. The first-order chi connectivity index (χ1) is 1.73. The summed E-state index contributed by atoms with van der Waals surface area (Å²) in [7, 11) is -3.67. The fraction of sp³-hybridized carbons (Fsp3) is 0. The van der Waals surface area contributed by atoms with E-state index >= 15 is 0 Å². The van der Waals surface area contributed by atoms with Crippen molar-refractivity contribution >= 4 is 7.54 Å². The smallest absolute Gasteiger partial charge is 0.412 e. The molecule has 8 heavy (non-hydrogen) atoms. The van der Waals surface area contributed by atoms with E-state index in [1.165, 1.54) is 0 Å². The molecule has 0 aliphatic rings. The van der Waals surface area contributed by atoms with E-state index in [-0.39, 0.29) is 21.9 Å². The highest BCUT2D eigenvalue weighted by atomic mass is 19.4. The van der Waals surface area contributed by atoms with Crippen LogP contribution < -0.4 is 0 Å². The quantitative estimate of drug-likeness (QED) is 0.332. The molecule has 0 aromatic heterocycles. The molecule has 0 spiro atoms. The average molecular weight is 140 g/mol. The first-order valence-electron chi connectivity index (χ1n) is 0.655. The summed E-state index contributed by atoms with van der Waals surface area (Å²) in [6.07, 6.45) is 0. The molecule has 0 aromatic rings. The van der Waals surface area contributed by atoms with Crippen LogP contribution >= 0.6 is 0 Å². The third-order valence-corrected chi connectivity index (χ3v) is 0. The molecular weight excluding hydrogens is 132 g/mol. The third-order valence-electron chi connectivity index (χ3n) is 0. The number of halogens is 3. The van der Waals surface area contributed by atoms with Crippen LogP contribution in [0.5, 0.6) is 0 Å². The van der Waals surface area contributed by atoms with Gasteiger partial charge in [-0.25, -0.2) is 0 Å². The van der Waals surface area contributed by atoms with Crippen molar-refractivity contribution in [3.05, 3.63) is 0 Å². The van der Waals surface area contributed by atoms with E-state index in [1.807, 2.05) is 0 Å². The van der Waals surface area contributed by atoms with Gasteiger partial charge in [-0.15, -0.1) is 0 Å². The van der Waals surface area contributed by atoms with Crippen LogP contribution in [0.4, 0.5) is 12.9 Å². The number of rotatable bonds is 0. The Hall–Kier alpha value is -0.305. The second-order valence-corrected chi connectivity index (χ2v) is 0.247. The van der Waals surface area contributed by atoms with Gasteiger partial charge in [0.2, 0.25) is 0 Å². The fourth-order valence-electron chi connectivity index (χ4n) is 0. The van der Waals surface area contributed by atoms with Gasteiger partial charge in [-0.3, -0.25) is 12.9 Å². The van der Waals surface area contributed by atoms with Crippen LogP contribution in [0.1, 0.15) is 0 Å². The lowest BCUT2D eigenvalue weighted by molar-refractivity contribution is 0.535. The zero-order chi connectivity index (χ0) is 3.58. The van der Waals surface area contributed by atoms with E-state index in [0.717, 1.165) is 0 Å². The summed E-state index contributed by atoms with van der Waals surface area (Å²) < 4.78 is 29.0. The summed E-state index contributed by atoms with van der Waals surface area (Å²) in [5, 5.41) is 0. The molecule has 0 aromatic carbocycles. The predicted molar refractivity (Wildman–Crippen MR) is 23.5 cm³/mol. The molecule has 4 nitrogen and oxygen atoms in total. The molecule has 0 aliphatic carbocycles. The van der Waals surface area contributed by atoms with E-state index in [1.54, 1.807) is 0 Å². The van der Waals surface area contributed by atoms with Crippen LogP contribution in [0.2, 0.25) is 0 Å². The third kappa shape index (κ3) is 1350. The molecule has 56 valence electrons. The molecule has 0 aliphatic heterocycles. The molecule has 0 amide bonds. The molecule has 0 bridgehead atoms. The Morgan fingerprint density at radius 3 is 0.625 bits per heavy atom. The molecule has 8 heteroatoms. The summed E-state index contributed by atoms with van der Waals surface area (Å²) in [6, 6.07) is 0. The summed E-state index contributed by atoms with van der Waals surface area (Å²) >= 11 is 0. The maximum absolute atomic E-state index is 9.67. The van der Waals surface area contributed by atoms with Crippen LogP contribution in [0.3, 0.4) is 0 Å². The van der Waals surface area contributed by atoms with Gasteiger partial charge in [-0.1, -0.05) is 0 Å². The van der Waals surface area contributed by atoms with Crippen LogP contribution in [-0.2, 0) is 0 Å². The van der Waals surface area contributed by atoms with Crippen molar-refractivity contribution in [3.63, 3.8) is 0 Å². The lowest BCUT2D eigenvalue weighted by atomic mass is 10.5. The highest BCUT2D eigenvalue weighted by molar-refractivity contribution is 6.33. The van der Waals surface area contributed by atoms with E-state index < -0.39 is 7.54 Å². The van der Waals surface area contributed by atoms with Crippen molar-refractivity contribution < 1.29 is 34.9 Å². The van der Waals surface area contributed by atoms with E-state index in [9.17, 15) is 12.9 Å². The molecule has 0 unspecified atom stereocenters. The monoisotopic (exact) mass is 140 g/mol. The Morgan fingerprint density at radius 1 is 0.625 bits per heavy atom. The fourth-order valence-corrected chi connectivity index (χ4v) is 0. The average Bonchev–Trinajstić information content (AvgIpc) is 0.811. The predicted octanol–water partition coefficient (Wildman–Crippen LogP) is -2.42. The summed E-state index contributed by atoms with van der Waals surface area (Å²) in [6.45, 7) is 0. The molecule has 0 atom stereocenters. The van der Waals surface area contributed by atoms with Gasteiger partial charge in [-0.05, 0) is 0 Å². The second-order valence-electron chi connectivity index (χ2n) is 0.247. The van der Waals surface area contributed by atoms with Gasteiger partial charge in [0.25, 0.3) is 0 Å². The van der Waals surface area contributed by atoms with Gasteiger partial charge in [0.05, 0.1) is 0 Å². The van der Waals surface area contributed by atoms with Crippen molar-refractivity contribution in [2.45, 2.75) is 0 Å². The molecule has 8 N–H and O–H groups in total. The summed E-state index contributed by atoms with van der Waals surface area (Å²) in [5.74, 6) is 0. The Labute approximate surface area is 43.8 Å². The van der Waals surface area contributed by atoms with E-state index in [0.29, 0.717) is 0 Å². The van der Waals surface area contributed by atoms with E-state index in [4.69, 9.17) is 0 Å².